The van der Waals surface area contributed by atoms with Gasteiger partial charge < -0.3 is 10.2 Å². The van der Waals surface area contributed by atoms with Gasteiger partial charge in [-0.25, -0.2) is 8.42 Å². The van der Waals surface area contributed by atoms with Crippen LogP contribution in [0.2, 0.25) is 0 Å². The molecule has 188 valence electrons. The van der Waals surface area contributed by atoms with Crippen molar-refractivity contribution in [3.8, 4) is 0 Å². The zero-order valence-corrected chi connectivity index (χ0v) is 21.2. The molecule has 0 aliphatic carbocycles. The van der Waals surface area contributed by atoms with Gasteiger partial charge in [0.1, 0.15) is 0 Å². The molecular weight excluding hydrogens is 474 g/mol. The molecule has 0 radical (unpaired) electrons. The Morgan fingerprint density at radius 2 is 1.39 bits per heavy atom. The maximum atomic E-state index is 12.6. The topological polar surface area (TPSA) is 95.6 Å². The van der Waals surface area contributed by atoms with Crippen LogP contribution in [0.15, 0.2) is 77.7 Å². The second-order valence-corrected chi connectivity index (χ2v) is 10.8. The molecule has 2 amide bonds. The normalized spacial score (nSPS) is 13.4. The Morgan fingerprint density at radius 3 is 2.03 bits per heavy atom. The van der Waals surface area contributed by atoms with Crippen molar-refractivity contribution < 1.29 is 18.0 Å². The summed E-state index contributed by atoms with van der Waals surface area (Å²) in [6.07, 6.45) is 3.28. The van der Waals surface area contributed by atoms with Crippen molar-refractivity contribution in [1.29, 1.82) is 0 Å². The number of nitrogens with one attached hydrogen (secondary N) is 2. The highest BCUT2D eigenvalue weighted by atomic mass is 32.2. The summed E-state index contributed by atoms with van der Waals surface area (Å²) in [5.74, 6) is 0.0164. The van der Waals surface area contributed by atoms with Gasteiger partial charge >= 0.3 is 0 Å². The lowest BCUT2D eigenvalue weighted by molar-refractivity contribution is -0.129. The second-order valence-electron chi connectivity index (χ2n) is 9.13. The molecule has 0 bridgehead atoms. The van der Waals surface area contributed by atoms with E-state index in [9.17, 15) is 18.0 Å². The molecule has 1 saturated heterocycles. The van der Waals surface area contributed by atoms with Crippen LogP contribution in [0.25, 0.3) is 0 Å². The first kappa shape index (κ1) is 25.4. The van der Waals surface area contributed by atoms with Crippen LogP contribution in [0.3, 0.4) is 0 Å². The number of hydrogen-bond donors (Lipinski definition) is 2. The average molecular weight is 506 g/mol. The summed E-state index contributed by atoms with van der Waals surface area (Å²) in [4.78, 5) is 26.8. The summed E-state index contributed by atoms with van der Waals surface area (Å²) in [5, 5.41) is 2.87. The standard InChI is InChI=1S/C28H31N3O4S/c1-21-4-11-25(12-5-21)30-36(34,35)26-15-8-22(9-16-26)10-17-27(32)29-24-13-6-23(7-14-24)20-28(33)31-18-2-3-19-31/h4-9,11-16,30H,2-3,10,17-20H2,1H3,(H,29,32). The van der Waals surface area contributed by atoms with Gasteiger partial charge in [0, 0.05) is 30.9 Å². The number of carbonyl (C=O) groups excluding carboxylic acids is 2. The van der Waals surface area contributed by atoms with Crippen molar-refractivity contribution >= 4 is 33.2 Å². The number of sulfonamides is 1. The molecule has 2 N–H and O–H groups in total. The lowest BCUT2D eigenvalue weighted by Gasteiger charge is -2.15. The Kier molecular flexibility index (Phi) is 8.05. The predicted molar refractivity (Wildman–Crippen MR) is 141 cm³/mol. The third-order valence-corrected chi connectivity index (χ3v) is 7.63. The van der Waals surface area contributed by atoms with Crippen molar-refractivity contribution in [3.63, 3.8) is 0 Å². The molecule has 1 aliphatic rings. The van der Waals surface area contributed by atoms with Gasteiger partial charge in [0.15, 0.2) is 0 Å². The van der Waals surface area contributed by atoms with Crippen LogP contribution < -0.4 is 10.0 Å². The van der Waals surface area contributed by atoms with Gasteiger partial charge in [-0.3, -0.25) is 14.3 Å². The molecule has 3 aromatic rings. The van der Waals surface area contributed by atoms with Gasteiger partial charge in [-0.1, -0.05) is 42.0 Å². The van der Waals surface area contributed by atoms with Crippen molar-refractivity contribution in [2.75, 3.05) is 23.1 Å². The lowest BCUT2D eigenvalue weighted by atomic mass is 10.1. The number of nitrogens with zero attached hydrogens (tertiary/aromatic N) is 1. The fourth-order valence-corrected chi connectivity index (χ4v) is 5.17. The Bertz CT molecular complexity index is 1300. The van der Waals surface area contributed by atoms with Crippen molar-refractivity contribution in [2.45, 2.75) is 43.9 Å². The average Bonchev–Trinajstić information content (AvgIpc) is 3.41. The maximum Gasteiger partial charge on any atom is 0.261 e. The summed E-state index contributed by atoms with van der Waals surface area (Å²) >= 11 is 0. The third kappa shape index (κ3) is 6.95. The van der Waals surface area contributed by atoms with Crippen LogP contribution in [-0.4, -0.2) is 38.2 Å². The van der Waals surface area contributed by atoms with Gasteiger partial charge in [-0.15, -0.1) is 0 Å². The molecule has 0 spiro atoms. The van der Waals surface area contributed by atoms with Gasteiger partial charge in [0.2, 0.25) is 11.8 Å². The molecule has 4 rings (SSSR count). The van der Waals surface area contributed by atoms with E-state index < -0.39 is 10.0 Å². The number of rotatable bonds is 9. The monoisotopic (exact) mass is 505 g/mol. The predicted octanol–water partition coefficient (Wildman–Crippen LogP) is 4.53. The fourth-order valence-electron chi connectivity index (χ4n) is 4.11. The van der Waals surface area contributed by atoms with E-state index in [2.05, 4.69) is 10.0 Å². The van der Waals surface area contributed by atoms with Crippen LogP contribution in [0.1, 0.15) is 36.0 Å². The first-order valence-corrected chi connectivity index (χ1v) is 13.6. The minimum absolute atomic E-state index is 0.131. The lowest BCUT2D eigenvalue weighted by Crippen LogP contribution is -2.29. The molecule has 36 heavy (non-hydrogen) atoms. The summed E-state index contributed by atoms with van der Waals surface area (Å²) in [6.45, 7) is 3.62. The number of aryl methyl sites for hydroxylation is 2. The molecule has 1 aliphatic heterocycles. The highest BCUT2D eigenvalue weighted by molar-refractivity contribution is 7.92. The van der Waals surface area contributed by atoms with Crippen LogP contribution >= 0.6 is 0 Å². The number of likely N-dealkylation sites (tertiary alicyclic amines) is 1. The molecule has 0 unspecified atom stereocenters. The minimum Gasteiger partial charge on any atom is -0.342 e. The highest BCUT2D eigenvalue weighted by Gasteiger charge is 2.18. The Balaban J connectivity index is 1.25. The maximum absolute atomic E-state index is 12.6. The molecule has 1 fully saturated rings. The van der Waals surface area contributed by atoms with Gasteiger partial charge in [0.25, 0.3) is 10.0 Å². The number of carbonyl (C=O) groups is 2. The van der Waals surface area contributed by atoms with E-state index in [1.165, 1.54) is 0 Å². The number of hydrogen-bond acceptors (Lipinski definition) is 4. The van der Waals surface area contributed by atoms with Gasteiger partial charge in [0.05, 0.1) is 11.3 Å². The van der Waals surface area contributed by atoms with E-state index >= 15 is 0 Å². The number of amides is 2. The molecule has 8 heteroatoms. The van der Waals surface area contributed by atoms with E-state index in [4.69, 9.17) is 0 Å². The van der Waals surface area contributed by atoms with E-state index in [0.29, 0.717) is 24.2 Å². The smallest absolute Gasteiger partial charge is 0.261 e. The molecule has 0 saturated carbocycles. The summed E-state index contributed by atoms with van der Waals surface area (Å²) < 4.78 is 27.8. The quantitative estimate of drug-likeness (QED) is 0.447. The van der Waals surface area contributed by atoms with Gasteiger partial charge in [-0.2, -0.15) is 0 Å². The van der Waals surface area contributed by atoms with E-state index in [1.54, 1.807) is 36.4 Å². The minimum atomic E-state index is -3.68. The second kappa shape index (κ2) is 11.4. The summed E-state index contributed by atoms with van der Waals surface area (Å²) in [7, 11) is -3.68. The zero-order valence-electron chi connectivity index (χ0n) is 20.4. The fraction of sp³-hybridized carbons (Fsp3) is 0.286. The molecule has 7 nitrogen and oxygen atoms in total. The Labute approximate surface area is 212 Å². The number of anilines is 2. The van der Waals surface area contributed by atoms with Gasteiger partial charge in [-0.05, 0) is 73.7 Å². The molecule has 1 heterocycles. The third-order valence-electron chi connectivity index (χ3n) is 6.23. The Morgan fingerprint density at radius 1 is 0.806 bits per heavy atom. The SMILES string of the molecule is Cc1ccc(NS(=O)(=O)c2ccc(CCC(=O)Nc3ccc(CC(=O)N4CCCC4)cc3)cc2)cc1. The van der Waals surface area contributed by atoms with Crippen LogP contribution in [0, 0.1) is 6.92 Å². The number of benzene rings is 3. The highest BCUT2D eigenvalue weighted by Crippen LogP contribution is 2.18. The van der Waals surface area contributed by atoms with Crippen LogP contribution in [0.4, 0.5) is 11.4 Å². The van der Waals surface area contributed by atoms with Crippen molar-refractivity contribution in [2.24, 2.45) is 0 Å². The van der Waals surface area contributed by atoms with E-state index in [0.717, 1.165) is 42.6 Å². The largest absolute Gasteiger partial charge is 0.342 e. The van der Waals surface area contributed by atoms with Crippen LogP contribution in [-0.2, 0) is 32.5 Å². The van der Waals surface area contributed by atoms with Crippen molar-refractivity contribution in [1.82, 2.24) is 4.90 Å². The first-order valence-electron chi connectivity index (χ1n) is 12.1. The molecular formula is C28H31N3O4S. The van der Waals surface area contributed by atoms with E-state index in [1.807, 2.05) is 48.2 Å². The molecule has 0 aromatic heterocycles. The van der Waals surface area contributed by atoms with Crippen LogP contribution in [0.5, 0.6) is 0 Å². The molecule has 0 atom stereocenters. The van der Waals surface area contributed by atoms with E-state index in [-0.39, 0.29) is 23.1 Å². The molecule has 3 aromatic carbocycles. The Hall–Kier alpha value is -3.65. The zero-order chi connectivity index (χ0) is 25.5. The van der Waals surface area contributed by atoms with Crippen molar-refractivity contribution in [3.05, 3.63) is 89.5 Å². The summed E-state index contributed by atoms with van der Waals surface area (Å²) in [6, 6.07) is 21.0. The first-order chi connectivity index (χ1) is 17.3. The summed E-state index contributed by atoms with van der Waals surface area (Å²) in [5.41, 5.74) is 4.04.